The minimum absolute atomic E-state index is 0.112. The lowest BCUT2D eigenvalue weighted by atomic mass is 9.67. The molecule has 4 rings (SSSR count). The molecular weight excluding hydrogens is 396 g/mol. The van der Waals surface area contributed by atoms with Gasteiger partial charge in [-0.15, -0.1) is 0 Å². The zero-order valence-corrected chi connectivity index (χ0v) is 16.6. The molecule has 0 saturated heterocycles. The molecule has 5 N–H and O–H groups in total. The van der Waals surface area contributed by atoms with E-state index in [9.17, 15) is 18.6 Å². The van der Waals surface area contributed by atoms with Gasteiger partial charge in [-0.3, -0.25) is 0 Å². The lowest BCUT2D eigenvalue weighted by molar-refractivity contribution is -0.0261. The van der Waals surface area contributed by atoms with E-state index in [-0.39, 0.29) is 30.0 Å². The lowest BCUT2D eigenvalue weighted by Crippen LogP contribution is -2.54. The van der Waals surface area contributed by atoms with Gasteiger partial charge < -0.3 is 15.9 Å². The van der Waals surface area contributed by atoms with E-state index >= 15 is 0 Å². The topological polar surface area (TPSA) is 156 Å². The summed E-state index contributed by atoms with van der Waals surface area (Å²) >= 11 is 0. The Morgan fingerprint density at radius 2 is 2.00 bits per heavy atom. The Morgan fingerprint density at radius 3 is 2.69 bits per heavy atom. The number of aliphatic hydroxyl groups excluding tert-OH is 2. The van der Waals surface area contributed by atoms with Gasteiger partial charge in [0.25, 0.3) is 0 Å². The molecule has 0 bridgehead atoms. The van der Waals surface area contributed by atoms with Crippen LogP contribution in [0.15, 0.2) is 35.6 Å². The van der Waals surface area contributed by atoms with Gasteiger partial charge in [0, 0.05) is 17.0 Å². The van der Waals surface area contributed by atoms with Gasteiger partial charge in [0.1, 0.15) is 6.33 Å². The van der Waals surface area contributed by atoms with Gasteiger partial charge >= 0.3 is 0 Å². The number of benzene rings is 1. The second-order valence-electron chi connectivity index (χ2n) is 7.54. The van der Waals surface area contributed by atoms with E-state index in [4.69, 9.17) is 5.73 Å². The van der Waals surface area contributed by atoms with Crippen LogP contribution >= 0.6 is 0 Å². The number of rotatable bonds is 6. The van der Waals surface area contributed by atoms with Gasteiger partial charge in [-0.25, -0.2) is 27.6 Å². The highest BCUT2D eigenvalue weighted by molar-refractivity contribution is 7.89. The van der Waals surface area contributed by atoms with Gasteiger partial charge in [0.05, 0.1) is 30.0 Å². The van der Waals surface area contributed by atoms with Crippen molar-refractivity contribution in [1.82, 2.24) is 24.3 Å². The van der Waals surface area contributed by atoms with Crippen LogP contribution in [0.1, 0.15) is 18.4 Å². The summed E-state index contributed by atoms with van der Waals surface area (Å²) in [5, 5.41) is 22.9. The zero-order chi connectivity index (χ0) is 20.8. The van der Waals surface area contributed by atoms with Crippen LogP contribution < -0.4 is 10.5 Å². The normalized spacial score (nSPS) is 16.8. The maximum Gasteiger partial charge on any atom is 0.240 e. The number of aromatic nitrogens is 4. The molecule has 10 nitrogen and oxygen atoms in total. The predicted octanol–water partition coefficient (Wildman–Crippen LogP) is 0.0936. The zero-order valence-electron chi connectivity index (χ0n) is 15.8. The third-order valence-corrected chi connectivity index (χ3v) is 7.00. The summed E-state index contributed by atoms with van der Waals surface area (Å²) in [6.45, 7) is 1.53. The molecule has 2 aromatic heterocycles. The summed E-state index contributed by atoms with van der Waals surface area (Å²) in [5.74, 6) is 0.232. The van der Waals surface area contributed by atoms with Crippen LogP contribution in [-0.4, -0.2) is 57.5 Å². The molecule has 1 aromatic carbocycles. The van der Waals surface area contributed by atoms with Crippen LogP contribution in [0.2, 0.25) is 0 Å². The Balaban J connectivity index is 1.66. The van der Waals surface area contributed by atoms with E-state index in [2.05, 4.69) is 19.8 Å². The first kappa shape index (κ1) is 19.7. The van der Waals surface area contributed by atoms with Gasteiger partial charge in [-0.1, -0.05) is 6.07 Å². The number of nitrogen functional groups attached to an aromatic ring is 1. The van der Waals surface area contributed by atoms with Crippen molar-refractivity contribution in [1.29, 1.82) is 0 Å². The summed E-state index contributed by atoms with van der Waals surface area (Å²) in [5.41, 5.74) is 7.73. The average molecular weight is 418 g/mol. The number of sulfonamides is 1. The maximum absolute atomic E-state index is 12.9. The summed E-state index contributed by atoms with van der Waals surface area (Å²) < 4.78 is 29.9. The van der Waals surface area contributed by atoms with Gasteiger partial charge in [0.2, 0.25) is 10.0 Å². The maximum atomic E-state index is 12.9. The number of hydrogen-bond acceptors (Lipinski definition) is 8. The van der Waals surface area contributed by atoms with Crippen molar-refractivity contribution in [2.75, 3.05) is 18.9 Å². The van der Waals surface area contributed by atoms with Crippen molar-refractivity contribution in [2.24, 2.45) is 5.41 Å². The largest absolute Gasteiger partial charge is 0.396 e. The first-order valence-corrected chi connectivity index (χ1v) is 10.6. The molecule has 3 aromatic rings. The number of nitrogens with two attached hydrogens (primary N) is 1. The van der Waals surface area contributed by atoms with Crippen molar-refractivity contribution in [3.63, 3.8) is 0 Å². The van der Waals surface area contributed by atoms with Crippen molar-refractivity contribution in [3.8, 4) is 11.3 Å². The van der Waals surface area contributed by atoms with Crippen molar-refractivity contribution >= 4 is 21.5 Å². The van der Waals surface area contributed by atoms with E-state index < -0.39 is 15.4 Å². The first-order valence-electron chi connectivity index (χ1n) is 9.08. The molecule has 11 heteroatoms. The fourth-order valence-corrected chi connectivity index (χ4v) is 4.99. The van der Waals surface area contributed by atoms with E-state index in [1.165, 1.54) is 16.9 Å². The van der Waals surface area contributed by atoms with Crippen molar-refractivity contribution in [2.45, 2.75) is 30.7 Å². The van der Waals surface area contributed by atoms with Crippen LogP contribution in [-0.2, 0) is 10.0 Å². The highest BCUT2D eigenvalue weighted by atomic mass is 32.2. The molecule has 29 heavy (non-hydrogen) atoms. The minimum atomic E-state index is -3.78. The number of anilines is 1. The molecule has 1 fully saturated rings. The Bertz CT molecular complexity index is 1160. The molecule has 1 saturated carbocycles. The molecule has 0 radical (unpaired) electrons. The summed E-state index contributed by atoms with van der Waals surface area (Å²) in [4.78, 5) is 8.25. The standard InChI is InChI=1S/C18H22N6O4S/c1-11-2-3-13(29(27,28)23-12-5-18(6-12,8-25)9-26)4-14(11)15-7-20-17-16(19)21-10-22-24(15)17/h2-4,7,10,12,23,25-26H,5-6,8-9H2,1H3,(H2,19,21,22). The van der Waals surface area contributed by atoms with Gasteiger partial charge in [-0.05, 0) is 37.5 Å². The summed E-state index contributed by atoms with van der Waals surface area (Å²) in [6.07, 6.45) is 3.67. The average Bonchev–Trinajstić information content (AvgIpc) is 3.10. The number of fused-ring (bicyclic) bond motifs is 1. The first-order chi connectivity index (χ1) is 13.8. The molecule has 1 aliphatic rings. The lowest BCUT2D eigenvalue weighted by Gasteiger charge is -2.45. The minimum Gasteiger partial charge on any atom is -0.396 e. The highest BCUT2D eigenvalue weighted by Gasteiger charge is 2.45. The van der Waals surface area contributed by atoms with Crippen LogP contribution in [0, 0.1) is 12.3 Å². The third-order valence-electron chi connectivity index (χ3n) is 5.48. The monoisotopic (exact) mass is 418 g/mol. The summed E-state index contributed by atoms with van der Waals surface area (Å²) in [6, 6.07) is 4.51. The van der Waals surface area contributed by atoms with E-state index in [0.29, 0.717) is 29.7 Å². The Morgan fingerprint density at radius 1 is 1.28 bits per heavy atom. The molecule has 0 unspecified atom stereocenters. The molecule has 0 spiro atoms. The second kappa shape index (κ2) is 7.02. The fraction of sp³-hybridized carbons (Fsp3) is 0.389. The number of imidazole rings is 1. The van der Waals surface area contributed by atoms with Crippen LogP contribution in [0.3, 0.4) is 0 Å². The number of aliphatic hydroxyl groups is 2. The van der Waals surface area contributed by atoms with Crippen LogP contribution in [0.5, 0.6) is 0 Å². The Hall–Kier alpha value is -2.60. The molecular formula is C18H22N6O4S. The molecule has 2 heterocycles. The number of nitrogens with zero attached hydrogens (tertiary/aromatic N) is 4. The number of nitrogens with one attached hydrogen (secondary N) is 1. The predicted molar refractivity (Wildman–Crippen MR) is 105 cm³/mol. The highest BCUT2D eigenvalue weighted by Crippen LogP contribution is 2.41. The quantitative estimate of drug-likeness (QED) is 0.439. The van der Waals surface area contributed by atoms with Gasteiger partial charge in [-0.2, -0.15) is 5.10 Å². The Labute approximate surface area is 167 Å². The fourth-order valence-electron chi connectivity index (χ4n) is 3.73. The van der Waals surface area contributed by atoms with E-state index in [1.54, 1.807) is 18.3 Å². The number of aryl methyl sites for hydroxylation is 1. The van der Waals surface area contributed by atoms with E-state index in [0.717, 1.165) is 5.56 Å². The third kappa shape index (κ3) is 3.35. The molecule has 0 amide bonds. The van der Waals surface area contributed by atoms with Crippen LogP contribution in [0.25, 0.3) is 16.9 Å². The van der Waals surface area contributed by atoms with Crippen molar-refractivity contribution < 1.29 is 18.6 Å². The van der Waals surface area contributed by atoms with Crippen molar-refractivity contribution in [3.05, 3.63) is 36.3 Å². The molecule has 0 atom stereocenters. The SMILES string of the molecule is Cc1ccc(S(=O)(=O)NC2CC(CO)(CO)C2)cc1-c1cnc2c(N)ncnn12. The van der Waals surface area contributed by atoms with E-state index in [1.807, 2.05) is 6.92 Å². The smallest absolute Gasteiger partial charge is 0.240 e. The molecule has 0 aliphatic heterocycles. The number of hydrogen-bond donors (Lipinski definition) is 4. The molecule has 154 valence electrons. The van der Waals surface area contributed by atoms with Crippen LogP contribution in [0.4, 0.5) is 5.82 Å². The Kier molecular flexibility index (Phi) is 4.77. The van der Waals surface area contributed by atoms with Gasteiger partial charge in [0.15, 0.2) is 11.5 Å². The molecule has 1 aliphatic carbocycles. The second-order valence-corrected chi connectivity index (χ2v) is 9.26. The summed E-state index contributed by atoms with van der Waals surface area (Å²) in [7, 11) is -3.78.